The van der Waals surface area contributed by atoms with Crippen LogP contribution in [0.4, 0.5) is 0 Å². The smallest absolute Gasteiger partial charge is 0.130 e. The molecule has 2 rings (SSSR count). The Labute approximate surface area is 122 Å². The fourth-order valence-corrected chi connectivity index (χ4v) is 4.65. The van der Waals surface area contributed by atoms with Crippen LogP contribution in [0, 0.1) is 0 Å². The Balaban J connectivity index is 2.42. The van der Waals surface area contributed by atoms with Crippen molar-refractivity contribution in [3.05, 3.63) is 37.4 Å². The fourth-order valence-electron chi connectivity index (χ4n) is 1.75. The van der Waals surface area contributed by atoms with Gasteiger partial charge in [-0.05, 0) is 44.5 Å². The minimum absolute atomic E-state index is 0.122. The molecule has 2 aromatic rings. The van der Waals surface area contributed by atoms with Crippen LogP contribution in [-0.4, -0.2) is 16.1 Å². The molecule has 1 atom stereocenters. The van der Waals surface area contributed by atoms with E-state index in [9.17, 15) is 0 Å². The van der Waals surface area contributed by atoms with Crippen molar-refractivity contribution in [1.82, 2.24) is 14.9 Å². The van der Waals surface area contributed by atoms with Gasteiger partial charge in [-0.1, -0.05) is 6.92 Å². The highest BCUT2D eigenvalue weighted by Crippen LogP contribution is 2.37. The van der Waals surface area contributed by atoms with E-state index in [1.807, 2.05) is 24.0 Å². The topological polar surface area (TPSA) is 29.9 Å². The summed E-state index contributed by atoms with van der Waals surface area (Å²) < 4.78 is 4.31. The third kappa shape index (κ3) is 2.81. The number of nitrogens with one attached hydrogen (secondary N) is 1. The average molecular weight is 379 g/mol. The predicted molar refractivity (Wildman–Crippen MR) is 78.4 cm³/mol. The van der Waals surface area contributed by atoms with Gasteiger partial charge in [0.25, 0.3) is 0 Å². The predicted octanol–water partition coefficient (Wildman–Crippen LogP) is 3.71. The number of nitrogens with zero attached hydrogens (tertiary/aromatic N) is 2. The maximum atomic E-state index is 4.43. The number of rotatable bonds is 4. The summed E-state index contributed by atoms with van der Waals surface area (Å²) in [6.45, 7) is 3.00. The van der Waals surface area contributed by atoms with Crippen LogP contribution in [0.3, 0.4) is 0 Å². The molecular weight excluding hydrogens is 366 g/mol. The molecule has 0 fully saturated rings. The molecule has 0 aliphatic rings. The first-order valence-corrected chi connectivity index (χ1v) is 7.69. The van der Waals surface area contributed by atoms with E-state index in [1.165, 1.54) is 5.56 Å². The number of imidazole rings is 1. The average Bonchev–Trinajstić information content (AvgIpc) is 2.82. The lowest BCUT2D eigenvalue weighted by molar-refractivity contribution is 0.577. The summed E-state index contributed by atoms with van der Waals surface area (Å²) in [6.07, 6.45) is 3.80. The maximum Gasteiger partial charge on any atom is 0.130 e. The quantitative estimate of drug-likeness (QED) is 0.878. The Kier molecular flexibility index (Phi) is 4.41. The SMILES string of the molecule is CCNC(c1cc(Br)sc1Br)c1nccn1C. The molecule has 0 amide bonds. The van der Waals surface area contributed by atoms with Gasteiger partial charge in [-0.2, -0.15) is 0 Å². The molecule has 0 bridgehead atoms. The second kappa shape index (κ2) is 5.65. The number of halogens is 2. The molecule has 1 N–H and O–H groups in total. The molecule has 1 unspecified atom stereocenters. The summed E-state index contributed by atoms with van der Waals surface area (Å²) in [4.78, 5) is 4.43. The molecule has 92 valence electrons. The first-order valence-electron chi connectivity index (χ1n) is 5.28. The first-order chi connectivity index (χ1) is 8.13. The van der Waals surface area contributed by atoms with Gasteiger partial charge in [-0.15, -0.1) is 11.3 Å². The van der Waals surface area contributed by atoms with E-state index in [1.54, 1.807) is 11.3 Å². The van der Waals surface area contributed by atoms with Gasteiger partial charge in [-0.25, -0.2) is 4.98 Å². The summed E-state index contributed by atoms with van der Waals surface area (Å²) >= 11 is 8.81. The van der Waals surface area contributed by atoms with Crippen LogP contribution in [0.25, 0.3) is 0 Å². The molecule has 0 saturated heterocycles. The van der Waals surface area contributed by atoms with Gasteiger partial charge in [0.15, 0.2) is 0 Å². The second-order valence-electron chi connectivity index (χ2n) is 3.67. The van der Waals surface area contributed by atoms with Gasteiger partial charge in [0, 0.05) is 25.0 Å². The zero-order chi connectivity index (χ0) is 12.4. The molecule has 0 aliphatic carbocycles. The molecule has 0 spiro atoms. The molecule has 0 saturated carbocycles. The van der Waals surface area contributed by atoms with E-state index in [-0.39, 0.29) is 6.04 Å². The van der Waals surface area contributed by atoms with E-state index < -0.39 is 0 Å². The van der Waals surface area contributed by atoms with Crippen LogP contribution in [-0.2, 0) is 7.05 Å². The van der Waals surface area contributed by atoms with Crippen molar-refractivity contribution in [2.45, 2.75) is 13.0 Å². The largest absolute Gasteiger partial charge is 0.336 e. The number of aromatic nitrogens is 2. The van der Waals surface area contributed by atoms with E-state index in [2.05, 4.69) is 55.2 Å². The van der Waals surface area contributed by atoms with Crippen LogP contribution in [0.5, 0.6) is 0 Å². The number of hydrogen-bond donors (Lipinski definition) is 1. The van der Waals surface area contributed by atoms with Crippen molar-refractivity contribution in [1.29, 1.82) is 0 Å². The molecule has 6 heteroatoms. The monoisotopic (exact) mass is 377 g/mol. The Morgan fingerprint density at radius 2 is 2.29 bits per heavy atom. The van der Waals surface area contributed by atoms with Crippen LogP contribution in [0.1, 0.15) is 24.4 Å². The van der Waals surface area contributed by atoms with Crippen molar-refractivity contribution in [3.8, 4) is 0 Å². The minimum atomic E-state index is 0.122. The third-order valence-corrected chi connectivity index (χ3v) is 4.90. The molecule has 0 aromatic carbocycles. The molecule has 0 radical (unpaired) electrons. The Morgan fingerprint density at radius 3 is 2.76 bits per heavy atom. The van der Waals surface area contributed by atoms with Gasteiger partial charge in [0.2, 0.25) is 0 Å². The normalized spacial score (nSPS) is 12.9. The van der Waals surface area contributed by atoms with Crippen molar-refractivity contribution in [3.63, 3.8) is 0 Å². The van der Waals surface area contributed by atoms with Gasteiger partial charge in [0.1, 0.15) is 5.82 Å². The highest BCUT2D eigenvalue weighted by Gasteiger charge is 2.21. The fraction of sp³-hybridized carbons (Fsp3) is 0.364. The maximum absolute atomic E-state index is 4.43. The number of thiophene rings is 1. The second-order valence-corrected chi connectivity index (χ2v) is 7.42. The van der Waals surface area contributed by atoms with Gasteiger partial charge in [0.05, 0.1) is 13.6 Å². The van der Waals surface area contributed by atoms with Crippen molar-refractivity contribution < 1.29 is 0 Å². The highest BCUT2D eigenvalue weighted by atomic mass is 79.9. The third-order valence-electron chi connectivity index (χ3n) is 2.52. The van der Waals surface area contributed by atoms with Crippen molar-refractivity contribution >= 4 is 43.2 Å². The molecule has 0 aliphatic heterocycles. The first kappa shape index (κ1) is 13.3. The van der Waals surface area contributed by atoms with Gasteiger partial charge < -0.3 is 9.88 Å². The summed E-state index contributed by atoms with van der Waals surface area (Å²) in [7, 11) is 2.02. The van der Waals surface area contributed by atoms with Crippen molar-refractivity contribution in [2.24, 2.45) is 7.05 Å². The van der Waals surface area contributed by atoms with Gasteiger partial charge in [-0.3, -0.25) is 0 Å². The molecular formula is C11H13Br2N3S. The minimum Gasteiger partial charge on any atom is -0.336 e. The van der Waals surface area contributed by atoms with Crippen LogP contribution in [0.2, 0.25) is 0 Å². The summed E-state index contributed by atoms with van der Waals surface area (Å²) in [5, 5.41) is 3.47. The number of hydrogen-bond acceptors (Lipinski definition) is 3. The summed E-state index contributed by atoms with van der Waals surface area (Å²) in [5.41, 5.74) is 1.22. The van der Waals surface area contributed by atoms with E-state index >= 15 is 0 Å². The number of aryl methyl sites for hydroxylation is 1. The van der Waals surface area contributed by atoms with Crippen LogP contribution < -0.4 is 5.32 Å². The van der Waals surface area contributed by atoms with Crippen molar-refractivity contribution in [2.75, 3.05) is 6.54 Å². The zero-order valence-corrected chi connectivity index (χ0v) is 13.6. The van der Waals surface area contributed by atoms with Crippen LogP contribution >= 0.6 is 43.2 Å². The van der Waals surface area contributed by atoms with E-state index in [0.29, 0.717) is 0 Å². The summed E-state index contributed by atoms with van der Waals surface area (Å²) in [5.74, 6) is 1.03. The van der Waals surface area contributed by atoms with E-state index in [0.717, 1.165) is 19.9 Å². The molecule has 17 heavy (non-hydrogen) atoms. The van der Waals surface area contributed by atoms with Gasteiger partial charge >= 0.3 is 0 Å². The lowest BCUT2D eigenvalue weighted by atomic mass is 10.1. The van der Waals surface area contributed by atoms with E-state index in [4.69, 9.17) is 0 Å². The van der Waals surface area contributed by atoms with Crippen LogP contribution in [0.15, 0.2) is 26.0 Å². The lowest BCUT2D eigenvalue weighted by Crippen LogP contribution is -2.24. The Hall–Kier alpha value is -0.170. The zero-order valence-electron chi connectivity index (χ0n) is 9.58. The Morgan fingerprint density at radius 1 is 1.53 bits per heavy atom. The lowest BCUT2D eigenvalue weighted by Gasteiger charge is -2.17. The summed E-state index contributed by atoms with van der Waals surface area (Å²) in [6, 6.07) is 2.26. The molecule has 3 nitrogen and oxygen atoms in total. The molecule has 2 heterocycles. The standard InChI is InChI=1S/C11H13Br2N3S/c1-3-14-9(11-15-4-5-16(11)2)7-6-8(12)17-10(7)13/h4-6,9,14H,3H2,1-2H3. The Bertz CT molecular complexity index is 507. The molecule has 2 aromatic heterocycles. The highest BCUT2D eigenvalue weighted by molar-refractivity contribution is 9.12.